The molecular weight excluding hydrogens is 174 g/mol. The summed E-state index contributed by atoms with van der Waals surface area (Å²) in [5, 5.41) is 2.23. The van der Waals surface area contributed by atoms with Crippen LogP contribution in [0.1, 0.15) is 0 Å². The highest BCUT2D eigenvalue weighted by Crippen LogP contribution is 1.71. The number of carbonyl (C=O) groups is 1. The number of nitrogens with one attached hydrogen (secondary N) is 1. The molecule has 0 saturated heterocycles. The van der Waals surface area contributed by atoms with Crippen LogP contribution >= 0.6 is 17.0 Å². The van der Waals surface area contributed by atoms with Crippen molar-refractivity contribution in [3.63, 3.8) is 0 Å². The van der Waals surface area contributed by atoms with Crippen molar-refractivity contribution in [2.75, 3.05) is 7.05 Å². The molecule has 0 aliphatic rings. The van der Waals surface area contributed by atoms with Crippen LogP contribution in [0.3, 0.4) is 0 Å². The van der Waals surface area contributed by atoms with Gasteiger partial charge in [0.2, 0.25) is 0 Å². The van der Waals surface area contributed by atoms with Crippen LogP contribution in [0.15, 0.2) is 12.8 Å². The van der Waals surface area contributed by atoms with Crippen LogP contribution in [0.25, 0.3) is 0 Å². The average Bonchev–Trinajstić information content (AvgIpc) is 1.68. The molecule has 1 N–H and O–H groups in total. The molecule has 0 radical (unpaired) electrons. The van der Waals surface area contributed by atoms with E-state index < -0.39 is 6.09 Å². The lowest BCUT2D eigenvalue weighted by molar-refractivity contribution is 0.188. The number of hydrogen-bond acceptors (Lipinski definition) is 2. The lowest BCUT2D eigenvalue weighted by Gasteiger charge is -1.91. The third-order valence-corrected chi connectivity index (χ3v) is 0.394. The van der Waals surface area contributed by atoms with Gasteiger partial charge in [0.15, 0.2) is 0 Å². The summed E-state index contributed by atoms with van der Waals surface area (Å²) in [5.41, 5.74) is 0. The molecule has 0 aromatic heterocycles. The Kier molecular flexibility index (Phi) is 8.49. The van der Waals surface area contributed by atoms with Crippen molar-refractivity contribution in [2.45, 2.75) is 0 Å². The lowest BCUT2D eigenvalue weighted by atomic mass is 11.0. The average molecular weight is 182 g/mol. The summed E-state index contributed by atoms with van der Waals surface area (Å²) in [6.07, 6.45) is 0.578. The molecule has 0 bridgehead atoms. The van der Waals surface area contributed by atoms with E-state index in [1.54, 1.807) is 0 Å². The van der Waals surface area contributed by atoms with E-state index in [1.807, 2.05) is 0 Å². The first-order chi connectivity index (χ1) is 3.31. The van der Waals surface area contributed by atoms with E-state index in [2.05, 4.69) is 16.6 Å². The van der Waals surface area contributed by atoms with Crippen molar-refractivity contribution in [1.29, 1.82) is 0 Å². The number of halogens is 1. The molecular formula is C4H8BrNO2. The summed E-state index contributed by atoms with van der Waals surface area (Å²) >= 11 is 0. The fourth-order valence-electron chi connectivity index (χ4n) is 0.135. The van der Waals surface area contributed by atoms with Crippen molar-refractivity contribution < 1.29 is 9.53 Å². The van der Waals surface area contributed by atoms with E-state index in [9.17, 15) is 4.79 Å². The second-order valence-electron chi connectivity index (χ2n) is 0.822. The van der Waals surface area contributed by atoms with Crippen LogP contribution in [0.5, 0.6) is 0 Å². The summed E-state index contributed by atoms with van der Waals surface area (Å²) in [6, 6.07) is 0. The Bertz CT molecular complexity index is 84.1. The molecule has 0 rings (SSSR count). The van der Waals surface area contributed by atoms with Crippen molar-refractivity contribution in [3.05, 3.63) is 12.8 Å². The minimum atomic E-state index is -0.491. The topological polar surface area (TPSA) is 38.3 Å². The normalized spacial score (nSPS) is 6.12. The molecule has 0 fully saturated rings. The highest BCUT2D eigenvalue weighted by Gasteiger charge is 1.87. The molecule has 4 heteroatoms. The van der Waals surface area contributed by atoms with Crippen molar-refractivity contribution in [1.82, 2.24) is 5.32 Å². The molecule has 0 aliphatic heterocycles. The molecule has 1 amide bonds. The monoisotopic (exact) mass is 181 g/mol. The molecule has 0 aromatic carbocycles. The summed E-state index contributed by atoms with van der Waals surface area (Å²) in [4.78, 5) is 10.0. The van der Waals surface area contributed by atoms with Gasteiger partial charge in [-0.15, -0.1) is 17.0 Å². The zero-order chi connectivity index (χ0) is 5.70. The van der Waals surface area contributed by atoms with E-state index in [0.717, 1.165) is 6.26 Å². The second-order valence-corrected chi connectivity index (χ2v) is 0.822. The Hall–Kier alpha value is -0.510. The number of hydrogen-bond donors (Lipinski definition) is 1. The summed E-state index contributed by atoms with van der Waals surface area (Å²) in [7, 11) is 1.48. The Labute approximate surface area is 58.5 Å². The van der Waals surface area contributed by atoms with Crippen molar-refractivity contribution in [3.8, 4) is 0 Å². The van der Waals surface area contributed by atoms with Crippen LogP contribution in [-0.2, 0) is 4.74 Å². The van der Waals surface area contributed by atoms with Crippen LogP contribution in [-0.4, -0.2) is 13.1 Å². The number of carbonyl (C=O) groups excluding carboxylic acids is 1. The zero-order valence-electron chi connectivity index (χ0n) is 4.51. The van der Waals surface area contributed by atoms with Gasteiger partial charge in [0, 0.05) is 7.05 Å². The first kappa shape index (κ1) is 10.5. The van der Waals surface area contributed by atoms with Gasteiger partial charge in [-0.1, -0.05) is 6.58 Å². The highest BCUT2D eigenvalue weighted by molar-refractivity contribution is 8.93. The van der Waals surface area contributed by atoms with Crippen molar-refractivity contribution >= 4 is 23.1 Å². The maximum atomic E-state index is 10.0. The van der Waals surface area contributed by atoms with Crippen LogP contribution in [0.2, 0.25) is 0 Å². The predicted molar refractivity (Wildman–Crippen MR) is 36.1 cm³/mol. The Morgan fingerprint density at radius 2 is 2.38 bits per heavy atom. The Balaban J connectivity index is 0. The maximum absolute atomic E-state index is 10.0. The molecule has 0 aromatic rings. The first-order valence-corrected chi connectivity index (χ1v) is 1.80. The summed E-state index contributed by atoms with van der Waals surface area (Å²) in [6.45, 7) is 3.17. The van der Waals surface area contributed by atoms with Gasteiger partial charge >= 0.3 is 6.09 Å². The molecule has 3 nitrogen and oxygen atoms in total. The smallest absolute Gasteiger partial charge is 0.411 e. The highest BCUT2D eigenvalue weighted by atomic mass is 79.9. The van der Waals surface area contributed by atoms with Crippen molar-refractivity contribution in [2.24, 2.45) is 0 Å². The molecule has 48 valence electrons. The third kappa shape index (κ3) is 5.49. The van der Waals surface area contributed by atoms with Gasteiger partial charge in [0.05, 0.1) is 6.26 Å². The van der Waals surface area contributed by atoms with E-state index in [0.29, 0.717) is 0 Å². The van der Waals surface area contributed by atoms with E-state index in [-0.39, 0.29) is 17.0 Å². The van der Waals surface area contributed by atoms with Gasteiger partial charge in [-0.25, -0.2) is 4.79 Å². The Morgan fingerprint density at radius 3 is 2.50 bits per heavy atom. The maximum Gasteiger partial charge on any atom is 0.411 e. The molecule has 0 saturated carbocycles. The van der Waals surface area contributed by atoms with Gasteiger partial charge < -0.3 is 10.1 Å². The van der Waals surface area contributed by atoms with Gasteiger partial charge in [0.1, 0.15) is 0 Å². The van der Waals surface area contributed by atoms with Crippen LogP contribution in [0, 0.1) is 0 Å². The minimum Gasteiger partial charge on any atom is -0.419 e. The van der Waals surface area contributed by atoms with Crippen LogP contribution < -0.4 is 5.32 Å². The first-order valence-electron chi connectivity index (χ1n) is 1.80. The van der Waals surface area contributed by atoms with E-state index in [1.165, 1.54) is 7.05 Å². The number of amides is 1. The SMILES string of the molecule is Br.C=COC(=O)NC. The fraction of sp³-hybridized carbons (Fsp3) is 0.250. The van der Waals surface area contributed by atoms with E-state index >= 15 is 0 Å². The number of alkyl carbamates (subject to hydrolysis) is 1. The number of ether oxygens (including phenoxy) is 1. The molecule has 0 atom stereocenters. The van der Waals surface area contributed by atoms with Gasteiger partial charge in [-0.3, -0.25) is 0 Å². The molecule has 0 aliphatic carbocycles. The standard InChI is InChI=1S/C4H7NO2.BrH/c1-3-7-4(6)5-2;/h3H,1H2,2H3,(H,5,6);1H. The number of rotatable bonds is 1. The third-order valence-electron chi connectivity index (χ3n) is 0.394. The minimum absolute atomic E-state index is 0. The van der Waals surface area contributed by atoms with Gasteiger partial charge in [-0.2, -0.15) is 0 Å². The lowest BCUT2D eigenvalue weighted by Crippen LogP contribution is -2.16. The Morgan fingerprint density at radius 1 is 1.88 bits per heavy atom. The molecule has 0 unspecified atom stereocenters. The summed E-state index contributed by atoms with van der Waals surface area (Å²) in [5.74, 6) is 0. The molecule has 8 heavy (non-hydrogen) atoms. The predicted octanol–water partition coefficient (Wildman–Crippen LogP) is 1.06. The molecule has 0 heterocycles. The largest absolute Gasteiger partial charge is 0.419 e. The summed E-state index contributed by atoms with van der Waals surface area (Å²) < 4.78 is 4.20. The quantitative estimate of drug-likeness (QED) is 0.615. The van der Waals surface area contributed by atoms with Gasteiger partial charge in [0.25, 0.3) is 0 Å². The molecule has 0 spiro atoms. The van der Waals surface area contributed by atoms with E-state index in [4.69, 9.17) is 0 Å². The van der Waals surface area contributed by atoms with Gasteiger partial charge in [-0.05, 0) is 0 Å². The van der Waals surface area contributed by atoms with Crippen LogP contribution in [0.4, 0.5) is 4.79 Å². The fourth-order valence-corrected chi connectivity index (χ4v) is 0.135. The zero-order valence-corrected chi connectivity index (χ0v) is 6.22. The second kappa shape index (κ2) is 6.49.